The minimum atomic E-state index is 0.572. The molecule has 0 aromatic heterocycles. The predicted octanol–water partition coefficient (Wildman–Crippen LogP) is 2.53. The molecule has 1 heteroatoms. The van der Waals surface area contributed by atoms with Crippen LogP contribution in [0.25, 0.3) is 5.70 Å². The lowest BCUT2D eigenvalue weighted by Crippen LogP contribution is -2.33. The van der Waals surface area contributed by atoms with Crippen molar-refractivity contribution in [2.75, 3.05) is 7.05 Å². The Morgan fingerprint density at radius 3 is 2.85 bits per heavy atom. The summed E-state index contributed by atoms with van der Waals surface area (Å²) in [6, 6.07) is 9.10. The highest BCUT2D eigenvalue weighted by molar-refractivity contribution is 5.66. The molecule has 0 saturated carbocycles. The maximum absolute atomic E-state index is 4.11. The van der Waals surface area contributed by atoms with Crippen molar-refractivity contribution >= 4 is 5.70 Å². The maximum atomic E-state index is 4.11. The third-order valence-electron chi connectivity index (χ3n) is 2.93. The van der Waals surface area contributed by atoms with Gasteiger partial charge in [-0.05, 0) is 18.9 Å². The molecule has 0 spiro atoms. The van der Waals surface area contributed by atoms with Crippen molar-refractivity contribution < 1.29 is 0 Å². The Morgan fingerprint density at radius 1 is 1.38 bits per heavy atom. The molecule has 1 aromatic rings. The van der Waals surface area contributed by atoms with E-state index in [1.807, 2.05) is 0 Å². The van der Waals surface area contributed by atoms with Gasteiger partial charge >= 0.3 is 0 Å². The van der Waals surface area contributed by atoms with Crippen molar-refractivity contribution in [1.82, 2.24) is 4.90 Å². The van der Waals surface area contributed by atoms with Gasteiger partial charge in [-0.25, -0.2) is 0 Å². The zero-order valence-electron chi connectivity index (χ0n) is 8.25. The van der Waals surface area contributed by atoms with E-state index < -0.39 is 0 Å². The average Bonchev–Trinajstić information content (AvgIpc) is 2.15. The SMILES string of the molecule is C=C1c2ccccc2CC(C)N1C. The summed E-state index contributed by atoms with van der Waals surface area (Å²) in [5, 5.41) is 0. The summed E-state index contributed by atoms with van der Waals surface area (Å²) in [5.41, 5.74) is 3.88. The van der Waals surface area contributed by atoms with E-state index in [2.05, 4.69) is 49.7 Å². The second kappa shape index (κ2) is 2.91. The summed E-state index contributed by atoms with van der Waals surface area (Å²) >= 11 is 0. The van der Waals surface area contributed by atoms with Gasteiger partial charge in [0.2, 0.25) is 0 Å². The van der Waals surface area contributed by atoms with Crippen LogP contribution >= 0.6 is 0 Å². The fourth-order valence-electron chi connectivity index (χ4n) is 1.89. The second-order valence-electron chi connectivity index (χ2n) is 3.77. The molecular weight excluding hydrogens is 158 g/mol. The van der Waals surface area contributed by atoms with E-state index in [-0.39, 0.29) is 0 Å². The van der Waals surface area contributed by atoms with Crippen LogP contribution in [-0.4, -0.2) is 18.0 Å². The van der Waals surface area contributed by atoms with Crippen LogP contribution in [0.2, 0.25) is 0 Å². The fraction of sp³-hybridized carbons (Fsp3) is 0.333. The van der Waals surface area contributed by atoms with Gasteiger partial charge in [0.25, 0.3) is 0 Å². The first-order valence-electron chi connectivity index (χ1n) is 4.70. The van der Waals surface area contributed by atoms with Crippen molar-refractivity contribution in [2.45, 2.75) is 19.4 Å². The summed E-state index contributed by atoms with van der Waals surface area (Å²) in [5.74, 6) is 0. The highest BCUT2D eigenvalue weighted by Crippen LogP contribution is 2.28. The summed E-state index contributed by atoms with van der Waals surface area (Å²) in [6.07, 6.45) is 1.13. The van der Waals surface area contributed by atoms with Gasteiger partial charge in [-0.3, -0.25) is 0 Å². The van der Waals surface area contributed by atoms with Gasteiger partial charge in [-0.1, -0.05) is 30.8 Å². The summed E-state index contributed by atoms with van der Waals surface area (Å²) < 4.78 is 0. The van der Waals surface area contributed by atoms with E-state index in [0.29, 0.717) is 6.04 Å². The summed E-state index contributed by atoms with van der Waals surface area (Å²) in [7, 11) is 2.11. The van der Waals surface area contributed by atoms with Gasteiger partial charge in [-0.2, -0.15) is 0 Å². The summed E-state index contributed by atoms with van der Waals surface area (Å²) in [6.45, 7) is 6.35. The van der Waals surface area contributed by atoms with Crippen LogP contribution < -0.4 is 0 Å². The van der Waals surface area contributed by atoms with Gasteiger partial charge in [0.15, 0.2) is 0 Å². The highest BCUT2D eigenvalue weighted by atomic mass is 15.1. The molecular formula is C12H15N. The number of benzene rings is 1. The number of hydrogen-bond donors (Lipinski definition) is 0. The number of hydrogen-bond acceptors (Lipinski definition) is 1. The van der Waals surface area contributed by atoms with Gasteiger partial charge in [0.05, 0.1) is 0 Å². The van der Waals surface area contributed by atoms with Crippen molar-refractivity contribution in [2.24, 2.45) is 0 Å². The van der Waals surface area contributed by atoms with Crippen LogP contribution in [0.1, 0.15) is 18.1 Å². The molecule has 0 radical (unpaired) electrons. The number of rotatable bonds is 0. The standard InChI is InChI=1S/C12H15N/c1-9-8-11-6-4-5-7-12(11)10(2)13(9)3/h4-7,9H,2,8H2,1,3H3. The smallest absolute Gasteiger partial charge is 0.0369 e. The minimum absolute atomic E-state index is 0.572. The Morgan fingerprint density at radius 2 is 2.08 bits per heavy atom. The van der Waals surface area contributed by atoms with Crippen LogP contribution in [0.4, 0.5) is 0 Å². The molecule has 0 saturated heterocycles. The fourth-order valence-corrected chi connectivity index (χ4v) is 1.89. The van der Waals surface area contributed by atoms with Crippen molar-refractivity contribution in [3.63, 3.8) is 0 Å². The third kappa shape index (κ3) is 1.24. The van der Waals surface area contributed by atoms with Crippen LogP contribution in [0.3, 0.4) is 0 Å². The van der Waals surface area contributed by atoms with Gasteiger partial charge in [0, 0.05) is 24.4 Å². The lowest BCUT2D eigenvalue weighted by atomic mass is 9.93. The predicted molar refractivity (Wildman–Crippen MR) is 56.4 cm³/mol. The Hall–Kier alpha value is -1.24. The molecule has 0 amide bonds. The van der Waals surface area contributed by atoms with Gasteiger partial charge in [0.1, 0.15) is 0 Å². The molecule has 0 aliphatic carbocycles. The topological polar surface area (TPSA) is 3.24 Å². The first-order chi connectivity index (χ1) is 6.20. The molecule has 1 aliphatic rings. The molecule has 1 nitrogen and oxygen atoms in total. The largest absolute Gasteiger partial charge is 0.372 e. The highest BCUT2D eigenvalue weighted by Gasteiger charge is 2.21. The molecule has 2 rings (SSSR count). The molecule has 1 aromatic carbocycles. The van der Waals surface area contributed by atoms with Crippen molar-refractivity contribution in [3.8, 4) is 0 Å². The van der Waals surface area contributed by atoms with Crippen LogP contribution in [0.15, 0.2) is 30.8 Å². The zero-order chi connectivity index (χ0) is 9.42. The van der Waals surface area contributed by atoms with Crippen molar-refractivity contribution in [3.05, 3.63) is 42.0 Å². The quantitative estimate of drug-likeness (QED) is 0.582. The molecule has 1 aliphatic heterocycles. The molecule has 0 bridgehead atoms. The lowest BCUT2D eigenvalue weighted by molar-refractivity contribution is 0.357. The van der Waals surface area contributed by atoms with Crippen LogP contribution in [0, 0.1) is 0 Å². The normalized spacial score (nSPS) is 21.5. The van der Waals surface area contributed by atoms with E-state index >= 15 is 0 Å². The third-order valence-corrected chi connectivity index (χ3v) is 2.93. The Bertz CT molecular complexity index is 341. The summed E-state index contributed by atoms with van der Waals surface area (Å²) in [4.78, 5) is 2.25. The number of likely N-dealkylation sites (N-methyl/N-ethyl adjacent to an activating group) is 1. The monoisotopic (exact) mass is 173 g/mol. The second-order valence-corrected chi connectivity index (χ2v) is 3.77. The van der Waals surface area contributed by atoms with Crippen LogP contribution in [0.5, 0.6) is 0 Å². The zero-order valence-corrected chi connectivity index (χ0v) is 8.25. The van der Waals surface area contributed by atoms with E-state index in [0.717, 1.165) is 12.1 Å². The molecule has 68 valence electrons. The van der Waals surface area contributed by atoms with E-state index in [1.54, 1.807) is 0 Å². The van der Waals surface area contributed by atoms with Crippen molar-refractivity contribution in [1.29, 1.82) is 0 Å². The Labute approximate surface area is 79.7 Å². The molecule has 1 heterocycles. The van der Waals surface area contributed by atoms with Crippen LogP contribution in [-0.2, 0) is 6.42 Å². The lowest BCUT2D eigenvalue weighted by Gasteiger charge is -2.35. The van der Waals surface area contributed by atoms with Gasteiger partial charge < -0.3 is 4.90 Å². The van der Waals surface area contributed by atoms with E-state index in [1.165, 1.54) is 11.1 Å². The number of nitrogens with zero attached hydrogens (tertiary/aromatic N) is 1. The van der Waals surface area contributed by atoms with E-state index in [4.69, 9.17) is 0 Å². The first-order valence-corrected chi connectivity index (χ1v) is 4.70. The molecule has 1 unspecified atom stereocenters. The maximum Gasteiger partial charge on any atom is 0.0369 e. The van der Waals surface area contributed by atoms with Gasteiger partial charge in [-0.15, -0.1) is 0 Å². The number of fused-ring (bicyclic) bond motifs is 1. The van der Waals surface area contributed by atoms with E-state index in [9.17, 15) is 0 Å². The minimum Gasteiger partial charge on any atom is -0.372 e. The molecule has 1 atom stereocenters. The first kappa shape index (κ1) is 8.36. The Kier molecular flexibility index (Phi) is 1.87. The molecule has 13 heavy (non-hydrogen) atoms. The Balaban J connectivity index is 2.49. The molecule has 0 fully saturated rings. The molecule has 0 N–H and O–H groups in total. The average molecular weight is 173 g/mol.